The highest BCUT2D eigenvalue weighted by Crippen LogP contribution is 2.25. The molecule has 0 spiro atoms. The summed E-state index contributed by atoms with van der Waals surface area (Å²) in [6.07, 6.45) is 7.32. The van der Waals surface area contributed by atoms with Crippen molar-refractivity contribution in [3.05, 3.63) is 83.5 Å². The first kappa shape index (κ1) is 31.4. The first-order valence-electron chi connectivity index (χ1n) is 12.9. The highest BCUT2D eigenvalue weighted by atomic mass is 19.4. The Kier molecular flexibility index (Phi) is 14.8. The largest absolute Gasteiger partial charge is 0.412 e. The predicted molar refractivity (Wildman–Crippen MR) is 145 cm³/mol. The smallest absolute Gasteiger partial charge is 0.341 e. The van der Waals surface area contributed by atoms with Gasteiger partial charge in [-0.05, 0) is 44.7 Å². The van der Waals surface area contributed by atoms with Crippen LogP contribution in [-0.2, 0) is 11.3 Å². The van der Waals surface area contributed by atoms with Gasteiger partial charge in [0.05, 0.1) is 0 Å². The van der Waals surface area contributed by atoms with Gasteiger partial charge in [0.25, 0.3) is 0 Å². The van der Waals surface area contributed by atoms with Gasteiger partial charge in [-0.2, -0.15) is 13.2 Å². The van der Waals surface area contributed by atoms with Crippen molar-refractivity contribution >= 4 is 5.91 Å². The summed E-state index contributed by atoms with van der Waals surface area (Å²) in [5, 5.41) is 0. The van der Waals surface area contributed by atoms with Gasteiger partial charge in [-0.25, -0.2) is 0 Å². The van der Waals surface area contributed by atoms with Gasteiger partial charge in [-0.1, -0.05) is 92.6 Å². The Hall–Kier alpha value is -2.60. The van der Waals surface area contributed by atoms with E-state index in [4.69, 9.17) is 0 Å². The summed E-state index contributed by atoms with van der Waals surface area (Å²) in [5.74, 6) is 0.188. The second-order valence-electron chi connectivity index (χ2n) is 9.00. The van der Waals surface area contributed by atoms with Crippen molar-refractivity contribution in [3.8, 4) is 0 Å². The lowest BCUT2D eigenvalue weighted by atomic mass is 9.99. The molecule has 200 valence electrons. The van der Waals surface area contributed by atoms with Crippen molar-refractivity contribution in [2.75, 3.05) is 26.7 Å². The molecule has 0 bridgehead atoms. The van der Waals surface area contributed by atoms with E-state index in [9.17, 15) is 18.0 Å². The number of carbonyl (C=O) groups excluding carboxylic acids is 1. The predicted octanol–water partition coefficient (Wildman–Crippen LogP) is 7.87. The molecule has 0 fully saturated rings. The molecule has 0 aliphatic carbocycles. The minimum Gasteiger partial charge on any atom is -0.341 e. The summed E-state index contributed by atoms with van der Waals surface area (Å²) in [7, 11) is 1.86. The molecule has 0 aromatic heterocycles. The van der Waals surface area contributed by atoms with E-state index < -0.39 is 11.7 Å². The molecule has 0 atom stereocenters. The maximum Gasteiger partial charge on any atom is 0.412 e. The van der Waals surface area contributed by atoms with Gasteiger partial charge >= 0.3 is 6.18 Å². The van der Waals surface area contributed by atoms with Crippen molar-refractivity contribution in [2.45, 2.75) is 72.0 Å². The van der Waals surface area contributed by atoms with E-state index in [0.29, 0.717) is 19.4 Å². The van der Waals surface area contributed by atoms with Crippen molar-refractivity contribution in [1.82, 2.24) is 9.80 Å². The number of halogens is 3. The SMILES string of the molecule is C=C(/C=C\C=C(/C)C(F)(F)F)CC1=CCN(CCCCCC(=O)N(C)Cc2ccccc2)CC1.CC. The minimum atomic E-state index is -4.28. The number of rotatable bonds is 12. The number of amides is 1. The Morgan fingerprint density at radius 1 is 1.14 bits per heavy atom. The molecular weight excluding hydrogens is 461 g/mol. The molecule has 0 radical (unpaired) electrons. The van der Waals surface area contributed by atoms with Crippen LogP contribution in [0.3, 0.4) is 0 Å². The van der Waals surface area contributed by atoms with Crippen LogP contribution in [0.15, 0.2) is 77.9 Å². The average Bonchev–Trinajstić information content (AvgIpc) is 2.86. The fraction of sp³-hybridized carbons (Fsp3) is 0.500. The summed E-state index contributed by atoms with van der Waals surface area (Å²) in [5.41, 5.74) is 2.62. The van der Waals surface area contributed by atoms with E-state index >= 15 is 0 Å². The van der Waals surface area contributed by atoms with Gasteiger partial charge < -0.3 is 4.90 Å². The molecular formula is C30H43F3N2O. The number of alkyl halides is 3. The summed E-state index contributed by atoms with van der Waals surface area (Å²) in [6, 6.07) is 10.0. The van der Waals surface area contributed by atoms with Crippen molar-refractivity contribution in [3.63, 3.8) is 0 Å². The molecule has 1 heterocycles. The maximum absolute atomic E-state index is 12.5. The van der Waals surface area contributed by atoms with Crippen LogP contribution in [0.1, 0.15) is 64.9 Å². The van der Waals surface area contributed by atoms with Crippen LogP contribution >= 0.6 is 0 Å². The fourth-order valence-electron chi connectivity index (χ4n) is 3.82. The quantitative estimate of drug-likeness (QED) is 0.164. The molecule has 1 aliphatic heterocycles. The molecule has 6 heteroatoms. The third kappa shape index (κ3) is 12.9. The van der Waals surface area contributed by atoms with Crippen molar-refractivity contribution in [1.29, 1.82) is 0 Å². The average molecular weight is 505 g/mol. The Balaban J connectivity index is 0.00000316. The topological polar surface area (TPSA) is 23.6 Å². The lowest BCUT2D eigenvalue weighted by Crippen LogP contribution is -2.30. The molecule has 0 saturated heterocycles. The van der Waals surface area contributed by atoms with E-state index in [1.165, 1.54) is 11.6 Å². The van der Waals surface area contributed by atoms with Gasteiger partial charge in [0.1, 0.15) is 0 Å². The third-order valence-corrected chi connectivity index (χ3v) is 6.02. The number of allylic oxidation sites excluding steroid dienone is 5. The first-order valence-corrected chi connectivity index (χ1v) is 12.9. The molecule has 1 aliphatic rings. The standard InChI is InChI=1S/C28H37F3N2O.C2H6/c1-23(11-10-12-24(2)28(29,30)31)21-25-16-19-33(20-17-25)18-9-5-8-15-27(34)32(3)22-26-13-6-4-7-14-26;1-2/h4,6-7,10-14,16H,1,5,8-9,15,17-22H2,2-3H3;1-2H3/b11-10-,24-12+;. The molecule has 1 aromatic carbocycles. The molecule has 0 saturated carbocycles. The van der Waals surface area contributed by atoms with E-state index in [-0.39, 0.29) is 5.91 Å². The van der Waals surface area contributed by atoms with Crippen molar-refractivity contribution < 1.29 is 18.0 Å². The Bertz CT molecular complexity index is 885. The highest BCUT2D eigenvalue weighted by molar-refractivity contribution is 5.75. The second kappa shape index (κ2) is 17.0. The van der Waals surface area contributed by atoms with Crippen LogP contribution in [0.5, 0.6) is 0 Å². The van der Waals surface area contributed by atoms with E-state index in [1.54, 1.807) is 11.0 Å². The van der Waals surface area contributed by atoms with Crippen LogP contribution in [0.25, 0.3) is 0 Å². The summed E-state index contributed by atoms with van der Waals surface area (Å²) < 4.78 is 37.5. The lowest BCUT2D eigenvalue weighted by Gasteiger charge is -2.26. The summed E-state index contributed by atoms with van der Waals surface area (Å²) in [6.45, 7) is 12.6. The Morgan fingerprint density at radius 2 is 1.83 bits per heavy atom. The van der Waals surface area contributed by atoms with E-state index in [1.807, 2.05) is 51.2 Å². The highest BCUT2D eigenvalue weighted by Gasteiger charge is 2.29. The number of hydrogen-bond acceptors (Lipinski definition) is 2. The van der Waals surface area contributed by atoms with Gasteiger partial charge in [-0.3, -0.25) is 9.69 Å². The zero-order valence-electron chi connectivity index (χ0n) is 22.4. The van der Waals surface area contributed by atoms with Crippen molar-refractivity contribution in [2.24, 2.45) is 0 Å². The third-order valence-electron chi connectivity index (χ3n) is 6.02. The molecule has 0 unspecified atom stereocenters. The van der Waals surface area contributed by atoms with E-state index in [0.717, 1.165) is 69.5 Å². The summed E-state index contributed by atoms with van der Waals surface area (Å²) >= 11 is 0. The maximum atomic E-state index is 12.5. The lowest BCUT2D eigenvalue weighted by molar-refractivity contribution is -0.130. The number of carbonyl (C=O) groups is 1. The van der Waals surface area contributed by atoms with Crippen LogP contribution < -0.4 is 0 Å². The monoisotopic (exact) mass is 504 g/mol. The first-order chi connectivity index (χ1) is 17.1. The normalized spacial score (nSPS) is 14.8. The number of hydrogen-bond donors (Lipinski definition) is 0. The molecule has 2 rings (SSSR count). The van der Waals surface area contributed by atoms with Gasteiger partial charge in [0.2, 0.25) is 5.91 Å². The molecule has 0 N–H and O–H groups in total. The number of nitrogens with zero attached hydrogens (tertiary/aromatic N) is 2. The minimum absolute atomic E-state index is 0.188. The van der Waals surface area contributed by atoms with Crippen LogP contribution in [-0.4, -0.2) is 48.6 Å². The zero-order chi connectivity index (χ0) is 27.0. The molecule has 36 heavy (non-hydrogen) atoms. The zero-order valence-corrected chi connectivity index (χ0v) is 22.4. The molecule has 1 aromatic rings. The van der Waals surface area contributed by atoms with Gasteiger partial charge in [0.15, 0.2) is 0 Å². The van der Waals surface area contributed by atoms with Crippen LogP contribution in [0.2, 0.25) is 0 Å². The number of unbranched alkanes of at least 4 members (excludes halogenated alkanes) is 2. The second-order valence-corrected chi connectivity index (χ2v) is 9.00. The summed E-state index contributed by atoms with van der Waals surface area (Å²) in [4.78, 5) is 16.5. The number of benzene rings is 1. The van der Waals surface area contributed by atoms with Gasteiger partial charge in [0, 0.05) is 38.7 Å². The fourth-order valence-corrected chi connectivity index (χ4v) is 3.82. The van der Waals surface area contributed by atoms with Crippen LogP contribution in [0.4, 0.5) is 13.2 Å². The molecule has 1 amide bonds. The van der Waals surface area contributed by atoms with E-state index in [2.05, 4.69) is 17.6 Å². The Labute approximate surface area is 216 Å². The Morgan fingerprint density at radius 3 is 2.44 bits per heavy atom. The van der Waals surface area contributed by atoms with Gasteiger partial charge in [-0.15, -0.1) is 0 Å². The molecule has 3 nitrogen and oxygen atoms in total. The van der Waals surface area contributed by atoms with Crippen LogP contribution in [0, 0.1) is 0 Å².